The van der Waals surface area contributed by atoms with Crippen molar-refractivity contribution in [3.8, 4) is 0 Å². The first kappa shape index (κ1) is 8.66. The van der Waals surface area contributed by atoms with Crippen molar-refractivity contribution < 1.29 is 14.2 Å². The molecule has 3 nitrogen and oxygen atoms in total. The summed E-state index contributed by atoms with van der Waals surface area (Å²) >= 11 is 4.10. The van der Waals surface area contributed by atoms with Gasteiger partial charge in [-0.1, -0.05) is 0 Å². The summed E-state index contributed by atoms with van der Waals surface area (Å²) in [5.41, 5.74) is 0. The molecule has 0 aromatic carbocycles. The summed E-state index contributed by atoms with van der Waals surface area (Å²) in [6.07, 6.45) is 0.687. The molecule has 0 N–H and O–H groups in total. The van der Waals surface area contributed by atoms with Crippen molar-refractivity contribution in [3.63, 3.8) is 0 Å². The van der Waals surface area contributed by atoms with Crippen LogP contribution in [0.3, 0.4) is 0 Å². The SMILES string of the molecule is [Li][CH](O[CH]([Li])C1CO1)C1CO1. The number of epoxide rings is 2. The molecule has 2 aliphatic rings. The Labute approximate surface area is 84.5 Å². The van der Waals surface area contributed by atoms with E-state index in [4.69, 9.17) is 14.2 Å². The molecule has 2 rings (SSSR count). The standard InChI is InChI=1S/C6H8O3.2Li/c1(5-3-8-5)7-2-6-4-9-6;;/h1-2,5-6H,3-4H2;;. The fourth-order valence-electron chi connectivity index (χ4n) is 1.17. The third-order valence-electron chi connectivity index (χ3n) is 2.19. The van der Waals surface area contributed by atoms with Gasteiger partial charge in [0.05, 0.1) is 0 Å². The Hall–Kier alpha value is 1.07. The Bertz CT molecular complexity index is 131. The third-order valence-corrected chi connectivity index (χ3v) is 2.19. The molecule has 0 aliphatic carbocycles. The molecule has 4 atom stereocenters. The van der Waals surface area contributed by atoms with E-state index in [9.17, 15) is 0 Å². The summed E-state index contributed by atoms with van der Waals surface area (Å²) in [5, 5.41) is 0. The van der Waals surface area contributed by atoms with Crippen molar-refractivity contribution in [1.29, 1.82) is 0 Å². The summed E-state index contributed by atoms with van der Waals surface area (Å²) in [4.78, 5) is 0. The molecule has 2 fully saturated rings. The Morgan fingerprint density at radius 2 is 1.45 bits per heavy atom. The molecule has 0 aromatic heterocycles. The summed E-state index contributed by atoms with van der Waals surface area (Å²) in [6, 6.07) is 0. The molecule has 2 saturated heterocycles. The summed E-state index contributed by atoms with van der Waals surface area (Å²) in [6.45, 7) is 1.72. The van der Waals surface area contributed by atoms with Crippen LogP contribution in [0.25, 0.3) is 0 Å². The van der Waals surface area contributed by atoms with Crippen LogP contribution in [0.5, 0.6) is 0 Å². The second-order valence-electron chi connectivity index (χ2n) is 3.29. The van der Waals surface area contributed by atoms with Gasteiger partial charge in [-0.3, -0.25) is 0 Å². The summed E-state index contributed by atoms with van der Waals surface area (Å²) in [7, 11) is 0. The van der Waals surface area contributed by atoms with Gasteiger partial charge in [-0.25, -0.2) is 0 Å². The number of hydrogen-bond donors (Lipinski definition) is 0. The Morgan fingerprint density at radius 3 is 1.73 bits per heavy atom. The van der Waals surface area contributed by atoms with Crippen LogP contribution in [0, 0.1) is 0 Å². The van der Waals surface area contributed by atoms with Crippen molar-refractivity contribution in [2.45, 2.75) is 21.8 Å². The predicted molar refractivity (Wildman–Crippen MR) is 39.6 cm³/mol. The van der Waals surface area contributed by atoms with E-state index in [1.54, 1.807) is 0 Å². The minimum absolute atomic E-state index is 0.231. The molecule has 0 saturated carbocycles. The van der Waals surface area contributed by atoms with Gasteiger partial charge in [0.25, 0.3) is 0 Å². The third kappa shape index (κ3) is 2.51. The normalized spacial score (nSPS) is 40.0. The van der Waals surface area contributed by atoms with E-state index < -0.39 is 0 Å². The van der Waals surface area contributed by atoms with Crippen LogP contribution >= 0.6 is 0 Å². The predicted octanol–water partition coefficient (Wildman–Crippen LogP) is -1.21. The zero-order chi connectivity index (χ0) is 7.84. The van der Waals surface area contributed by atoms with Crippen LogP contribution in [0.15, 0.2) is 0 Å². The second kappa shape index (κ2) is 3.44. The molecule has 2 heterocycles. The molecule has 0 amide bonds. The maximum atomic E-state index is 5.65. The first-order valence-electron chi connectivity index (χ1n) is 4.16. The van der Waals surface area contributed by atoms with Crippen molar-refractivity contribution in [1.82, 2.24) is 0 Å². The van der Waals surface area contributed by atoms with Crippen molar-refractivity contribution >= 4 is 35.4 Å². The number of ether oxygens (including phenoxy) is 3. The van der Waals surface area contributed by atoms with Crippen molar-refractivity contribution in [2.24, 2.45) is 0 Å². The molecular weight excluding hydrogens is 134 g/mol. The molecule has 2 aliphatic heterocycles. The molecule has 0 bridgehead atoms. The molecule has 0 spiro atoms. The second-order valence-corrected chi connectivity index (χ2v) is 3.29. The fourth-order valence-corrected chi connectivity index (χ4v) is 1.17. The zero-order valence-corrected chi connectivity index (χ0v) is 6.95. The average molecular weight is 142 g/mol. The van der Waals surface area contributed by atoms with Crippen LogP contribution < -0.4 is 0 Å². The first-order valence-corrected chi connectivity index (χ1v) is 4.16. The quantitative estimate of drug-likeness (QED) is 0.365. The molecule has 52 valence electrons. The zero-order valence-electron chi connectivity index (χ0n) is 6.95. The van der Waals surface area contributed by atoms with E-state index >= 15 is 0 Å². The molecule has 4 unspecified atom stereocenters. The van der Waals surface area contributed by atoms with E-state index in [-0.39, 0.29) is 9.55 Å². The van der Waals surface area contributed by atoms with Gasteiger partial charge >= 0.3 is 84.6 Å². The van der Waals surface area contributed by atoms with Crippen LogP contribution in [0.1, 0.15) is 0 Å². The summed E-state index contributed by atoms with van der Waals surface area (Å²) < 4.78 is 16.3. The molecule has 5 heteroatoms. The minimum atomic E-state index is 0.231. The first-order chi connectivity index (χ1) is 5.27. The monoisotopic (exact) mass is 142 g/mol. The van der Waals surface area contributed by atoms with Crippen LogP contribution in [-0.2, 0) is 14.2 Å². The topological polar surface area (TPSA) is 34.3 Å². The van der Waals surface area contributed by atoms with E-state index in [1.807, 2.05) is 0 Å². The maximum absolute atomic E-state index is 5.65. The van der Waals surface area contributed by atoms with Gasteiger partial charge in [-0.2, -0.15) is 0 Å². The Morgan fingerprint density at radius 1 is 1.09 bits per heavy atom. The summed E-state index contributed by atoms with van der Waals surface area (Å²) in [5.74, 6) is 0. The van der Waals surface area contributed by atoms with Gasteiger partial charge in [0.15, 0.2) is 0 Å². The number of rotatable bonds is 4. The van der Waals surface area contributed by atoms with E-state index in [1.165, 1.54) is 0 Å². The van der Waals surface area contributed by atoms with Crippen LogP contribution in [0.2, 0.25) is 0 Å². The average Bonchev–Trinajstić information content (AvgIpc) is 2.84. The van der Waals surface area contributed by atoms with E-state index in [0.717, 1.165) is 13.2 Å². The van der Waals surface area contributed by atoms with E-state index in [2.05, 4.69) is 35.4 Å². The molecule has 0 radical (unpaired) electrons. The van der Waals surface area contributed by atoms with Gasteiger partial charge in [0.1, 0.15) is 0 Å². The molecule has 0 aromatic rings. The van der Waals surface area contributed by atoms with Gasteiger partial charge in [0.2, 0.25) is 0 Å². The van der Waals surface area contributed by atoms with Crippen LogP contribution in [-0.4, -0.2) is 70.4 Å². The molecule has 11 heavy (non-hydrogen) atoms. The van der Waals surface area contributed by atoms with Gasteiger partial charge in [-0.05, 0) is 0 Å². The van der Waals surface area contributed by atoms with Crippen molar-refractivity contribution in [3.05, 3.63) is 0 Å². The van der Waals surface area contributed by atoms with Crippen LogP contribution in [0.4, 0.5) is 0 Å². The number of hydrogen-bond acceptors (Lipinski definition) is 3. The van der Waals surface area contributed by atoms with Gasteiger partial charge < -0.3 is 0 Å². The molecular formula is C6H8Li2O3. The van der Waals surface area contributed by atoms with Gasteiger partial charge in [-0.15, -0.1) is 0 Å². The Kier molecular flexibility index (Phi) is 2.71. The fraction of sp³-hybridized carbons (Fsp3) is 1.00. The Balaban J connectivity index is 1.69. The van der Waals surface area contributed by atoms with E-state index in [0.29, 0.717) is 12.2 Å². The van der Waals surface area contributed by atoms with Gasteiger partial charge in [0, 0.05) is 0 Å². The van der Waals surface area contributed by atoms with Crippen molar-refractivity contribution in [2.75, 3.05) is 13.2 Å².